The molecule has 7 heteroatoms. The summed E-state index contributed by atoms with van der Waals surface area (Å²) >= 11 is 6.03. The largest absolute Gasteiger partial charge is 0.475 e. The van der Waals surface area contributed by atoms with E-state index in [1.807, 2.05) is 7.05 Å². The number of hydrogen-bond donors (Lipinski definition) is 1. The number of fused-ring (bicyclic) bond motifs is 1. The second-order valence-electron chi connectivity index (χ2n) is 6.32. The Morgan fingerprint density at radius 1 is 1.38 bits per heavy atom. The summed E-state index contributed by atoms with van der Waals surface area (Å²) in [6, 6.07) is 3.57. The molecule has 2 aliphatic rings. The van der Waals surface area contributed by atoms with Crippen LogP contribution < -0.4 is 10.1 Å². The third kappa shape index (κ3) is 4.88. The van der Waals surface area contributed by atoms with Gasteiger partial charge in [0.05, 0.1) is 6.54 Å². The molecule has 1 aliphatic carbocycles. The summed E-state index contributed by atoms with van der Waals surface area (Å²) in [5.41, 5.74) is 0. The van der Waals surface area contributed by atoms with Crippen LogP contribution in [0.25, 0.3) is 0 Å². The maximum atomic E-state index is 6.03. The summed E-state index contributed by atoms with van der Waals surface area (Å²) in [6.07, 6.45) is 7.21. The number of hydrogen-bond acceptors (Lipinski definition) is 3. The Hall–Kier alpha value is -0.760. The van der Waals surface area contributed by atoms with E-state index in [0.29, 0.717) is 24.1 Å². The first-order valence-electron chi connectivity index (χ1n) is 8.47. The number of ether oxygens (including phenoxy) is 1. The summed E-state index contributed by atoms with van der Waals surface area (Å²) in [4.78, 5) is 10.9. The van der Waals surface area contributed by atoms with E-state index in [1.54, 1.807) is 18.3 Å². The minimum absolute atomic E-state index is 0. The van der Waals surface area contributed by atoms with Crippen LogP contribution >= 0.6 is 35.6 Å². The zero-order chi connectivity index (χ0) is 16.1. The highest BCUT2D eigenvalue weighted by molar-refractivity contribution is 14.0. The number of likely N-dealkylation sites (tertiary alicyclic amines) is 1. The van der Waals surface area contributed by atoms with Gasteiger partial charge in [0.1, 0.15) is 11.6 Å². The highest BCUT2D eigenvalue weighted by Gasteiger charge is 2.35. The molecule has 0 spiro atoms. The first-order chi connectivity index (χ1) is 11.3. The Kier molecular flexibility index (Phi) is 7.87. The Balaban J connectivity index is 0.00000208. The predicted molar refractivity (Wildman–Crippen MR) is 109 cm³/mol. The van der Waals surface area contributed by atoms with Crippen molar-refractivity contribution in [1.29, 1.82) is 0 Å². The van der Waals surface area contributed by atoms with E-state index in [9.17, 15) is 0 Å². The quantitative estimate of drug-likeness (QED) is 0.321. The van der Waals surface area contributed by atoms with Crippen molar-refractivity contribution in [2.45, 2.75) is 25.7 Å². The van der Waals surface area contributed by atoms with E-state index in [1.165, 1.54) is 25.7 Å². The van der Waals surface area contributed by atoms with Crippen LogP contribution in [-0.4, -0.2) is 49.1 Å². The van der Waals surface area contributed by atoms with E-state index in [4.69, 9.17) is 16.3 Å². The van der Waals surface area contributed by atoms with E-state index < -0.39 is 0 Å². The van der Waals surface area contributed by atoms with Crippen LogP contribution in [0.2, 0.25) is 5.02 Å². The zero-order valence-corrected chi connectivity index (χ0v) is 17.2. The molecule has 1 saturated heterocycles. The number of halogens is 2. The zero-order valence-electron chi connectivity index (χ0n) is 14.1. The van der Waals surface area contributed by atoms with Gasteiger partial charge in [0.15, 0.2) is 5.96 Å². The molecule has 0 amide bonds. The first kappa shape index (κ1) is 19.6. The van der Waals surface area contributed by atoms with E-state index in [-0.39, 0.29) is 24.0 Å². The fraction of sp³-hybridized carbons (Fsp3) is 0.647. The molecule has 2 atom stereocenters. The third-order valence-electron chi connectivity index (χ3n) is 4.84. The SMILES string of the molecule is CN=C(NCCOc1ncccc1Cl)N1CC2CCCCC2C1.I. The first-order valence-corrected chi connectivity index (χ1v) is 8.84. The van der Waals surface area contributed by atoms with E-state index in [2.05, 4.69) is 20.2 Å². The molecule has 0 radical (unpaired) electrons. The van der Waals surface area contributed by atoms with Crippen LogP contribution in [0.15, 0.2) is 23.3 Å². The lowest BCUT2D eigenvalue weighted by Gasteiger charge is -2.22. The topological polar surface area (TPSA) is 49.8 Å². The number of rotatable bonds is 4. The average molecular weight is 465 g/mol. The molecule has 1 aromatic heterocycles. The summed E-state index contributed by atoms with van der Waals surface area (Å²) < 4.78 is 5.61. The molecule has 134 valence electrons. The third-order valence-corrected chi connectivity index (χ3v) is 5.12. The van der Waals surface area contributed by atoms with Crippen molar-refractivity contribution in [3.63, 3.8) is 0 Å². The van der Waals surface area contributed by atoms with Gasteiger partial charge >= 0.3 is 0 Å². The molecular weight excluding hydrogens is 439 g/mol. The van der Waals surface area contributed by atoms with Crippen LogP contribution in [0.4, 0.5) is 0 Å². The maximum absolute atomic E-state index is 6.03. The minimum Gasteiger partial charge on any atom is -0.475 e. The Morgan fingerprint density at radius 3 is 2.71 bits per heavy atom. The molecule has 3 rings (SSSR count). The Labute approximate surface area is 166 Å². The van der Waals surface area contributed by atoms with Crippen molar-refractivity contribution in [2.75, 3.05) is 33.3 Å². The number of aromatic nitrogens is 1. The standard InChI is InChI=1S/C17H25ClN4O.HI/c1-19-17(22-11-13-5-2-3-6-14(13)12-22)21-9-10-23-16-15(18)7-4-8-20-16;/h4,7-8,13-14H,2-3,5-6,9-12H2,1H3,(H,19,21);1H. The molecule has 1 saturated carbocycles. The molecular formula is C17H26ClIN4O. The normalized spacial score (nSPS) is 23.4. The number of nitrogens with zero attached hydrogens (tertiary/aromatic N) is 3. The molecule has 0 aromatic carbocycles. The van der Waals surface area contributed by atoms with Crippen LogP contribution in [0.5, 0.6) is 5.88 Å². The van der Waals surface area contributed by atoms with Crippen molar-refractivity contribution in [3.8, 4) is 5.88 Å². The van der Waals surface area contributed by atoms with Gasteiger partial charge < -0.3 is 15.0 Å². The lowest BCUT2D eigenvalue weighted by Crippen LogP contribution is -2.41. The molecule has 1 aliphatic heterocycles. The van der Waals surface area contributed by atoms with Crippen LogP contribution in [0, 0.1) is 11.8 Å². The number of guanidine groups is 1. The number of pyridine rings is 1. The van der Waals surface area contributed by atoms with Crippen LogP contribution in [0.3, 0.4) is 0 Å². The Morgan fingerprint density at radius 2 is 2.08 bits per heavy atom. The van der Waals surface area contributed by atoms with E-state index in [0.717, 1.165) is 30.9 Å². The van der Waals surface area contributed by atoms with Crippen molar-refractivity contribution >= 4 is 41.5 Å². The molecule has 1 N–H and O–H groups in total. The van der Waals surface area contributed by atoms with Gasteiger partial charge in [-0.1, -0.05) is 24.4 Å². The predicted octanol–water partition coefficient (Wildman–Crippen LogP) is 3.43. The van der Waals surface area contributed by atoms with Crippen molar-refractivity contribution in [3.05, 3.63) is 23.4 Å². The van der Waals surface area contributed by atoms with Gasteiger partial charge in [-0.05, 0) is 36.8 Å². The van der Waals surface area contributed by atoms with Gasteiger partial charge in [0.2, 0.25) is 5.88 Å². The van der Waals surface area contributed by atoms with E-state index >= 15 is 0 Å². The summed E-state index contributed by atoms with van der Waals surface area (Å²) in [5.74, 6) is 3.17. The average Bonchev–Trinajstić information content (AvgIpc) is 3.00. The van der Waals surface area contributed by atoms with Crippen molar-refractivity contribution in [1.82, 2.24) is 15.2 Å². The lowest BCUT2D eigenvalue weighted by molar-refractivity contribution is 0.299. The monoisotopic (exact) mass is 464 g/mol. The Bertz CT molecular complexity index is 543. The molecule has 1 aromatic rings. The minimum atomic E-state index is 0. The van der Waals surface area contributed by atoms with Crippen LogP contribution in [0.1, 0.15) is 25.7 Å². The van der Waals surface area contributed by atoms with Gasteiger partial charge in [-0.3, -0.25) is 4.99 Å². The molecule has 2 unspecified atom stereocenters. The second kappa shape index (κ2) is 9.65. The summed E-state index contributed by atoms with van der Waals surface area (Å²) in [6.45, 7) is 3.47. The molecule has 2 heterocycles. The fourth-order valence-electron chi connectivity index (χ4n) is 3.70. The maximum Gasteiger partial charge on any atom is 0.232 e. The van der Waals surface area contributed by atoms with Gasteiger partial charge in [-0.25, -0.2) is 4.98 Å². The highest BCUT2D eigenvalue weighted by Crippen LogP contribution is 2.35. The van der Waals surface area contributed by atoms with Crippen molar-refractivity contribution < 1.29 is 4.74 Å². The smallest absolute Gasteiger partial charge is 0.232 e. The molecule has 24 heavy (non-hydrogen) atoms. The van der Waals surface area contributed by atoms with Gasteiger partial charge in [-0.2, -0.15) is 0 Å². The molecule has 5 nitrogen and oxygen atoms in total. The summed E-state index contributed by atoms with van der Waals surface area (Å²) in [7, 11) is 1.85. The second-order valence-corrected chi connectivity index (χ2v) is 6.73. The van der Waals surface area contributed by atoms with Gasteiger partial charge in [-0.15, -0.1) is 24.0 Å². The molecule has 2 fully saturated rings. The fourth-order valence-corrected chi connectivity index (χ4v) is 3.88. The van der Waals surface area contributed by atoms with Crippen molar-refractivity contribution in [2.24, 2.45) is 16.8 Å². The van der Waals surface area contributed by atoms with Gasteiger partial charge in [0, 0.05) is 26.3 Å². The number of aliphatic imine (C=N–C) groups is 1. The van der Waals surface area contributed by atoms with Crippen LogP contribution in [-0.2, 0) is 0 Å². The molecule has 0 bridgehead atoms. The van der Waals surface area contributed by atoms with Gasteiger partial charge in [0.25, 0.3) is 0 Å². The number of nitrogens with one attached hydrogen (secondary N) is 1. The summed E-state index contributed by atoms with van der Waals surface area (Å²) in [5, 5.41) is 3.93. The lowest BCUT2D eigenvalue weighted by atomic mass is 9.82. The highest BCUT2D eigenvalue weighted by atomic mass is 127.